The van der Waals surface area contributed by atoms with Crippen molar-refractivity contribution in [3.05, 3.63) is 242 Å². The molecule has 0 amide bonds. The van der Waals surface area contributed by atoms with Crippen LogP contribution in [0, 0.1) is 0 Å². The minimum absolute atomic E-state index is 0.424. The molecular formula is C60H50N4. The van der Waals surface area contributed by atoms with Crippen molar-refractivity contribution >= 4 is 66.4 Å². The van der Waals surface area contributed by atoms with Gasteiger partial charge in [0.05, 0.1) is 33.1 Å². The minimum Gasteiger partial charge on any atom is -0.332 e. The molecule has 11 rings (SSSR count). The topological polar surface area (TPSA) is 16.3 Å². The highest BCUT2D eigenvalue weighted by atomic mass is 15.2. The van der Waals surface area contributed by atoms with Gasteiger partial charge in [-0.1, -0.05) is 133 Å². The number of anilines is 4. The number of aromatic nitrogens is 2. The van der Waals surface area contributed by atoms with Gasteiger partial charge in [0, 0.05) is 55.7 Å². The molecule has 0 aliphatic rings. The fourth-order valence-corrected chi connectivity index (χ4v) is 10.2. The Morgan fingerprint density at radius 2 is 0.594 bits per heavy atom. The van der Waals surface area contributed by atoms with Gasteiger partial charge in [-0.3, -0.25) is 0 Å². The summed E-state index contributed by atoms with van der Waals surface area (Å²) in [5.74, 6) is 0. The quantitative estimate of drug-likeness (QED) is 0.137. The van der Waals surface area contributed by atoms with E-state index in [4.69, 9.17) is 0 Å². The van der Waals surface area contributed by atoms with E-state index in [1.165, 1.54) is 54.7 Å². The maximum atomic E-state index is 2.50. The van der Waals surface area contributed by atoms with E-state index in [2.05, 4.69) is 277 Å². The lowest BCUT2D eigenvalue weighted by molar-refractivity contribution is 0.525. The van der Waals surface area contributed by atoms with E-state index in [1.54, 1.807) is 0 Å². The zero-order valence-electron chi connectivity index (χ0n) is 36.7. The molecule has 0 saturated carbocycles. The Hall–Kier alpha value is -7.82. The third-order valence-electron chi connectivity index (χ3n) is 13.3. The summed E-state index contributed by atoms with van der Waals surface area (Å²) >= 11 is 0. The zero-order valence-corrected chi connectivity index (χ0v) is 36.7. The first-order valence-corrected chi connectivity index (χ1v) is 22.3. The van der Waals surface area contributed by atoms with Gasteiger partial charge < -0.3 is 18.9 Å². The normalized spacial score (nSPS) is 12.1. The molecule has 4 nitrogen and oxygen atoms in total. The van der Waals surface area contributed by atoms with Gasteiger partial charge in [0.2, 0.25) is 0 Å². The van der Waals surface area contributed by atoms with Crippen molar-refractivity contribution in [3.63, 3.8) is 0 Å². The Morgan fingerprint density at radius 1 is 0.281 bits per heavy atom. The van der Waals surface area contributed by atoms with Crippen LogP contribution in [-0.4, -0.2) is 9.13 Å². The molecule has 11 aromatic rings. The Balaban J connectivity index is 1.00. The fourth-order valence-electron chi connectivity index (χ4n) is 10.2. The lowest BCUT2D eigenvalue weighted by Crippen LogP contribution is -2.39. The molecule has 0 bridgehead atoms. The number of nitrogens with zero attached hydrogens (tertiary/aromatic N) is 4. The maximum absolute atomic E-state index is 2.50. The second-order valence-corrected chi connectivity index (χ2v) is 17.8. The summed E-state index contributed by atoms with van der Waals surface area (Å²) in [5, 5.41) is 4.94. The van der Waals surface area contributed by atoms with E-state index in [9.17, 15) is 0 Å². The summed E-state index contributed by atoms with van der Waals surface area (Å²) in [5.41, 5.74) is 13.3. The number of hydrogen-bond donors (Lipinski definition) is 0. The molecule has 4 heteroatoms. The number of fused-ring (bicyclic) bond motifs is 6. The third kappa shape index (κ3) is 6.45. The molecule has 9 aromatic carbocycles. The first kappa shape index (κ1) is 39.1. The van der Waals surface area contributed by atoms with E-state index >= 15 is 0 Å². The number of hydrogen-bond acceptors (Lipinski definition) is 2. The van der Waals surface area contributed by atoms with Crippen LogP contribution < -0.4 is 9.80 Å². The second kappa shape index (κ2) is 15.5. The molecule has 0 atom stereocenters. The number of rotatable bonds is 10. The molecule has 0 aliphatic heterocycles. The molecule has 64 heavy (non-hydrogen) atoms. The molecule has 0 saturated heterocycles. The average molecular weight is 827 g/mol. The molecule has 0 N–H and O–H groups in total. The molecule has 2 heterocycles. The largest absolute Gasteiger partial charge is 0.332 e. The van der Waals surface area contributed by atoms with Crippen LogP contribution in [0.2, 0.25) is 0 Å². The van der Waals surface area contributed by atoms with Crippen molar-refractivity contribution in [3.8, 4) is 11.4 Å². The Kier molecular flexibility index (Phi) is 9.47. The van der Waals surface area contributed by atoms with Crippen LogP contribution in [-0.2, 0) is 11.1 Å². The van der Waals surface area contributed by atoms with Crippen molar-refractivity contribution in [2.45, 2.75) is 38.8 Å². The van der Waals surface area contributed by atoms with Crippen molar-refractivity contribution in [2.24, 2.45) is 0 Å². The standard InChI is InChI=1S/C60H50N4/c1-59(2,63(47-25-13-7-14-26-47)49-37-39-57-53(41-49)51-29-17-19-31-55(51)61(57)45-21-9-5-10-22-45)43-33-35-44(36-34-43)60(3,4)64(48-27-15-8-16-28-48)50-38-40-58-54(42-50)52-30-18-20-32-56(52)62(58)46-23-11-6-12-24-46/h5-42H,1-4H3. The summed E-state index contributed by atoms with van der Waals surface area (Å²) in [7, 11) is 0. The van der Waals surface area contributed by atoms with Crippen LogP contribution in [0.3, 0.4) is 0 Å². The molecule has 0 aliphatic carbocycles. The summed E-state index contributed by atoms with van der Waals surface area (Å²) in [6.45, 7) is 9.37. The monoisotopic (exact) mass is 826 g/mol. The molecular weight excluding hydrogens is 777 g/mol. The van der Waals surface area contributed by atoms with Crippen LogP contribution in [0.4, 0.5) is 22.7 Å². The van der Waals surface area contributed by atoms with E-state index in [-0.39, 0.29) is 0 Å². The first-order valence-electron chi connectivity index (χ1n) is 22.3. The van der Waals surface area contributed by atoms with Crippen LogP contribution in [0.1, 0.15) is 38.8 Å². The fraction of sp³-hybridized carbons (Fsp3) is 0.100. The molecule has 0 unspecified atom stereocenters. The summed E-state index contributed by atoms with van der Waals surface area (Å²) < 4.78 is 4.76. The summed E-state index contributed by atoms with van der Waals surface area (Å²) in [6, 6.07) is 83.8. The molecule has 2 aromatic heterocycles. The van der Waals surface area contributed by atoms with E-state index in [0.717, 1.165) is 34.1 Å². The van der Waals surface area contributed by atoms with Gasteiger partial charge in [-0.05, 0) is 136 Å². The highest BCUT2D eigenvalue weighted by molar-refractivity contribution is 6.11. The molecule has 0 spiro atoms. The number of para-hydroxylation sites is 6. The smallest absolute Gasteiger partial charge is 0.0646 e. The van der Waals surface area contributed by atoms with Gasteiger partial charge in [0.25, 0.3) is 0 Å². The molecule has 0 fully saturated rings. The highest BCUT2D eigenvalue weighted by Crippen LogP contribution is 2.45. The van der Waals surface area contributed by atoms with Crippen molar-refractivity contribution in [1.82, 2.24) is 9.13 Å². The predicted octanol–water partition coefficient (Wildman–Crippen LogP) is 16.0. The van der Waals surface area contributed by atoms with Gasteiger partial charge in [-0.25, -0.2) is 0 Å². The maximum Gasteiger partial charge on any atom is 0.0646 e. The zero-order chi connectivity index (χ0) is 43.4. The third-order valence-corrected chi connectivity index (χ3v) is 13.3. The van der Waals surface area contributed by atoms with Gasteiger partial charge in [-0.15, -0.1) is 0 Å². The van der Waals surface area contributed by atoms with Gasteiger partial charge in [-0.2, -0.15) is 0 Å². The summed E-state index contributed by atoms with van der Waals surface area (Å²) in [4.78, 5) is 5.00. The van der Waals surface area contributed by atoms with E-state index < -0.39 is 11.1 Å². The minimum atomic E-state index is -0.424. The van der Waals surface area contributed by atoms with Gasteiger partial charge >= 0.3 is 0 Å². The van der Waals surface area contributed by atoms with Crippen LogP contribution in [0.5, 0.6) is 0 Å². The van der Waals surface area contributed by atoms with Gasteiger partial charge in [0.15, 0.2) is 0 Å². The van der Waals surface area contributed by atoms with Crippen molar-refractivity contribution in [2.75, 3.05) is 9.80 Å². The van der Waals surface area contributed by atoms with Crippen molar-refractivity contribution < 1.29 is 0 Å². The SMILES string of the molecule is CC(C)(c1ccc(C(C)(C)N(c2ccccc2)c2ccc3c(c2)c2ccccc2n3-c2ccccc2)cc1)N(c1ccccc1)c1ccc2c(c1)c1ccccc1n2-c1ccccc1. The average Bonchev–Trinajstić information content (AvgIpc) is 3.85. The molecule has 310 valence electrons. The van der Waals surface area contributed by atoms with E-state index in [0.29, 0.717) is 0 Å². The Morgan fingerprint density at radius 3 is 0.969 bits per heavy atom. The lowest BCUT2D eigenvalue weighted by Gasteiger charge is -2.43. The van der Waals surface area contributed by atoms with Crippen LogP contribution in [0.25, 0.3) is 55.0 Å². The predicted molar refractivity (Wildman–Crippen MR) is 271 cm³/mol. The first-order chi connectivity index (χ1) is 31.3. The Labute approximate surface area is 375 Å². The highest BCUT2D eigenvalue weighted by Gasteiger charge is 2.34. The van der Waals surface area contributed by atoms with Crippen molar-refractivity contribution in [1.29, 1.82) is 0 Å². The summed E-state index contributed by atoms with van der Waals surface area (Å²) in [6.07, 6.45) is 0. The number of benzene rings is 9. The molecule has 0 radical (unpaired) electrons. The van der Waals surface area contributed by atoms with Crippen LogP contribution >= 0.6 is 0 Å². The second-order valence-electron chi connectivity index (χ2n) is 17.8. The lowest BCUT2D eigenvalue weighted by atomic mass is 9.85. The van der Waals surface area contributed by atoms with E-state index in [1.807, 2.05) is 0 Å². The van der Waals surface area contributed by atoms with Gasteiger partial charge in [0.1, 0.15) is 0 Å². The Bertz CT molecular complexity index is 3190. The van der Waals surface area contributed by atoms with Crippen LogP contribution in [0.15, 0.2) is 231 Å².